The highest BCUT2D eigenvalue weighted by Crippen LogP contribution is 2.29. The fraction of sp³-hybridized carbons (Fsp3) is 0.375. The van der Waals surface area contributed by atoms with Crippen molar-refractivity contribution in [2.24, 2.45) is 0 Å². The quantitative estimate of drug-likeness (QED) is 0.743. The number of aromatic nitrogens is 2. The minimum atomic E-state index is 0.772. The predicted molar refractivity (Wildman–Crippen MR) is 94.0 cm³/mol. The second-order valence-corrected chi connectivity index (χ2v) is 6.53. The van der Waals surface area contributed by atoms with Gasteiger partial charge < -0.3 is 5.32 Å². The Morgan fingerprint density at radius 3 is 2.62 bits per heavy atom. The van der Waals surface area contributed by atoms with E-state index in [1.807, 2.05) is 12.1 Å². The van der Waals surface area contributed by atoms with Gasteiger partial charge in [0.2, 0.25) is 0 Å². The van der Waals surface area contributed by atoms with Gasteiger partial charge in [-0.2, -0.15) is 0 Å². The first-order chi connectivity index (χ1) is 10.2. The Morgan fingerprint density at radius 1 is 1.19 bits per heavy atom. The van der Waals surface area contributed by atoms with Gasteiger partial charge in [0, 0.05) is 27.2 Å². The van der Waals surface area contributed by atoms with Crippen LogP contribution in [0.1, 0.15) is 30.9 Å². The topological polar surface area (TPSA) is 37.8 Å². The maximum absolute atomic E-state index is 4.69. The van der Waals surface area contributed by atoms with Crippen LogP contribution in [0.4, 0.5) is 5.82 Å². The summed E-state index contributed by atoms with van der Waals surface area (Å²) in [5, 5.41) is 3.33. The van der Waals surface area contributed by atoms with Crippen molar-refractivity contribution in [3.8, 4) is 0 Å². The van der Waals surface area contributed by atoms with E-state index in [0.717, 1.165) is 46.1 Å². The average Bonchev–Trinajstić information content (AvgIpc) is 2.49. The third kappa shape index (κ3) is 4.20. The molecule has 0 unspecified atom stereocenters. The first-order valence-electron chi connectivity index (χ1n) is 7.13. The molecule has 0 amide bonds. The molecule has 2 aromatic rings. The molecule has 1 N–H and O–H groups in total. The molecule has 1 aromatic carbocycles. The maximum Gasteiger partial charge on any atom is 0.141 e. The van der Waals surface area contributed by atoms with Crippen LogP contribution < -0.4 is 5.32 Å². The molecule has 0 aliphatic heterocycles. The van der Waals surface area contributed by atoms with Crippen LogP contribution in [0.5, 0.6) is 0 Å². The molecule has 0 fully saturated rings. The molecule has 0 bridgehead atoms. The van der Waals surface area contributed by atoms with Crippen LogP contribution >= 0.6 is 27.7 Å². The minimum Gasteiger partial charge on any atom is -0.370 e. The molecule has 1 aromatic heterocycles. The highest BCUT2D eigenvalue weighted by molar-refractivity contribution is 9.10. The van der Waals surface area contributed by atoms with Crippen LogP contribution in [-0.2, 0) is 12.2 Å². The second kappa shape index (κ2) is 7.80. The smallest absolute Gasteiger partial charge is 0.141 e. The zero-order valence-electron chi connectivity index (χ0n) is 12.6. The van der Waals surface area contributed by atoms with Gasteiger partial charge in [0.25, 0.3) is 0 Å². The fourth-order valence-electron chi connectivity index (χ4n) is 2.07. The molecule has 21 heavy (non-hydrogen) atoms. The van der Waals surface area contributed by atoms with Crippen LogP contribution in [0, 0.1) is 6.92 Å². The van der Waals surface area contributed by atoms with E-state index < -0.39 is 0 Å². The lowest BCUT2D eigenvalue weighted by atomic mass is 10.2. The first kappa shape index (κ1) is 16.3. The molecule has 5 heteroatoms. The minimum absolute atomic E-state index is 0.772. The number of halogens is 1. The van der Waals surface area contributed by atoms with Gasteiger partial charge in [-0.15, -0.1) is 11.8 Å². The Bertz CT molecular complexity index is 616. The zero-order chi connectivity index (χ0) is 15.2. The summed E-state index contributed by atoms with van der Waals surface area (Å²) in [4.78, 5) is 10.6. The SMILES string of the molecule is CCNc1nc(CSc2ccccc2Br)nc(CC)c1C. The highest BCUT2D eigenvalue weighted by Gasteiger charge is 2.10. The molecule has 0 saturated heterocycles. The Kier molecular flexibility index (Phi) is 6.06. The van der Waals surface area contributed by atoms with Crippen molar-refractivity contribution in [1.29, 1.82) is 0 Å². The van der Waals surface area contributed by atoms with Crippen LogP contribution in [0.3, 0.4) is 0 Å². The van der Waals surface area contributed by atoms with E-state index in [1.54, 1.807) is 11.8 Å². The van der Waals surface area contributed by atoms with Crippen molar-refractivity contribution < 1.29 is 0 Å². The average molecular weight is 366 g/mol. The summed E-state index contributed by atoms with van der Waals surface area (Å²) in [6, 6.07) is 8.23. The molecule has 0 saturated carbocycles. The number of anilines is 1. The predicted octanol–water partition coefficient (Wildman–Crippen LogP) is 4.83. The van der Waals surface area contributed by atoms with E-state index >= 15 is 0 Å². The Balaban J connectivity index is 2.20. The van der Waals surface area contributed by atoms with Crippen LogP contribution in [0.2, 0.25) is 0 Å². The number of thioether (sulfide) groups is 1. The van der Waals surface area contributed by atoms with Crippen LogP contribution in [-0.4, -0.2) is 16.5 Å². The Labute approximate surface area is 139 Å². The number of nitrogens with one attached hydrogen (secondary N) is 1. The number of benzene rings is 1. The second-order valence-electron chi connectivity index (χ2n) is 4.66. The lowest BCUT2D eigenvalue weighted by Crippen LogP contribution is -2.08. The standard InChI is InChI=1S/C16H20BrN3S/c1-4-13-11(3)16(18-5-2)20-15(19-13)10-21-14-9-7-6-8-12(14)17/h6-9H,4-5,10H2,1-3H3,(H,18,19,20). The molecule has 1 heterocycles. The van der Waals surface area contributed by atoms with Gasteiger partial charge in [0.05, 0.1) is 5.75 Å². The molecule has 0 atom stereocenters. The summed E-state index contributed by atoms with van der Waals surface area (Å²) in [6.07, 6.45) is 0.930. The Morgan fingerprint density at radius 2 is 1.95 bits per heavy atom. The van der Waals surface area contributed by atoms with Crippen molar-refractivity contribution in [2.75, 3.05) is 11.9 Å². The summed E-state index contributed by atoms with van der Waals surface area (Å²) in [5.74, 6) is 2.62. The molecule has 112 valence electrons. The van der Waals surface area contributed by atoms with Crippen molar-refractivity contribution in [3.63, 3.8) is 0 Å². The van der Waals surface area contributed by atoms with Gasteiger partial charge in [-0.3, -0.25) is 0 Å². The molecule has 0 spiro atoms. The molecular formula is C16H20BrN3S. The lowest BCUT2D eigenvalue weighted by molar-refractivity contribution is 0.914. The van der Waals surface area contributed by atoms with Gasteiger partial charge in [-0.25, -0.2) is 9.97 Å². The normalized spacial score (nSPS) is 10.7. The van der Waals surface area contributed by atoms with E-state index in [2.05, 4.69) is 59.1 Å². The number of aryl methyl sites for hydroxylation is 1. The summed E-state index contributed by atoms with van der Waals surface area (Å²) < 4.78 is 1.12. The zero-order valence-corrected chi connectivity index (χ0v) is 15.0. The summed E-state index contributed by atoms with van der Waals surface area (Å²) in [5.41, 5.74) is 2.29. The summed E-state index contributed by atoms with van der Waals surface area (Å²) >= 11 is 5.33. The van der Waals surface area contributed by atoms with E-state index in [0.29, 0.717) is 0 Å². The monoisotopic (exact) mass is 365 g/mol. The Hall–Kier alpha value is -1.07. The summed E-state index contributed by atoms with van der Waals surface area (Å²) in [6.45, 7) is 7.18. The van der Waals surface area contributed by atoms with E-state index in [-0.39, 0.29) is 0 Å². The van der Waals surface area contributed by atoms with Gasteiger partial charge >= 0.3 is 0 Å². The maximum atomic E-state index is 4.69. The molecular weight excluding hydrogens is 346 g/mol. The van der Waals surface area contributed by atoms with Crippen LogP contribution in [0.15, 0.2) is 33.6 Å². The van der Waals surface area contributed by atoms with Gasteiger partial charge in [-0.05, 0) is 48.3 Å². The van der Waals surface area contributed by atoms with Gasteiger partial charge in [0.1, 0.15) is 11.6 Å². The van der Waals surface area contributed by atoms with Crippen molar-refractivity contribution >= 4 is 33.5 Å². The highest BCUT2D eigenvalue weighted by atomic mass is 79.9. The van der Waals surface area contributed by atoms with E-state index in [4.69, 9.17) is 4.98 Å². The largest absolute Gasteiger partial charge is 0.370 e. The van der Waals surface area contributed by atoms with Gasteiger partial charge in [-0.1, -0.05) is 19.1 Å². The molecule has 0 aliphatic rings. The molecule has 3 nitrogen and oxygen atoms in total. The first-order valence-corrected chi connectivity index (χ1v) is 8.91. The molecule has 0 radical (unpaired) electrons. The molecule has 0 aliphatic carbocycles. The lowest BCUT2D eigenvalue weighted by Gasteiger charge is -2.12. The van der Waals surface area contributed by atoms with Crippen LogP contribution in [0.25, 0.3) is 0 Å². The number of hydrogen-bond acceptors (Lipinski definition) is 4. The number of hydrogen-bond donors (Lipinski definition) is 1. The third-order valence-electron chi connectivity index (χ3n) is 3.17. The van der Waals surface area contributed by atoms with E-state index in [9.17, 15) is 0 Å². The van der Waals surface area contributed by atoms with Crippen molar-refractivity contribution in [3.05, 3.63) is 45.8 Å². The fourth-order valence-corrected chi connectivity index (χ4v) is 3.49. The number of nitrogens with zero attached hydrogens (tertiary/aromatic N) is 2. The number of rotatable bonds is 6. The molecule has 2 rings (SSSR count). The third-order valence-corrected chi connectivity index (χ3v) is 5.19. The van der Waals surface area contributed by atoms with E-state index in [1.165, 1.54) is 4.90 Å². The van der Waals surface area contributed by atoms with Crippen molar-refractivity contribution in [1.82, 2.24) is 9.97 Å². The van der Waals surface area contributed by atoms with Gasteiger partial charge in [0.15, 0.2) is 0 Å². The van der Waals surface area contributed by atoms with Crippen molar-refractivity contribution in [2.45, 2.75) is 37.8 Å². The summed E-state index contributed by atoms with van der Waals surface area (Å²) in [7, 11) is 0.